The molecule has 2 aromatic carbocycles. The van der Waals surface area contributed by atoms with Gasteiger partial charge in [0.15, 0.2) is 0 Å². The monoisotopic (exact) mass is 419 g/mol. The first-order valence-corrected chi connectivity index (χ1v) is 9.92. The predicted molar refractivity (Wildman–Crippen MR) is 106 cm³/mol. The third kappa shape index (κ3) is 4.41. The summed E-state index contributed by atoms with van der Waals surface area (Å²) in [6.07, 6.45) is 1.36. The number of anilines is 1. The van der Waals surface area contributed by atoms with Gasteiger partial charge in [0.05, 0.1) is 27.0 Å². The van der Waals surface area contributed by atoms with Crippen LogP contribution in [0.25, 0.3) is 5.69 Å². The maximum atomic E-state index is 13.0. The largest absolute Gasteiger partial charge is 0.497 e. The number of nitrogens with one attached hydrogen (secondary N) is 1. The highest BCUT2D eigenvalue weighted by Crippen LogP contribution is 2.26. The molecule has 3 rings (SSSR count). The fourth-order valence-electron chi connectivity index (χ4n) is 2.64. The fraction of sp³-hybridized carbons (Fsp3) is 0.222. The molecule has 0 saturated carbocycles. The molecule has 0 saturated heterocycles. The van der Waals surface area contributed by atoms with Crippen LogP contribution in [0.4, 0.5) is 5.69 Å². The van der Waals surface area contributed by atoms with Crippen molar-refractivity contribution in [1.29, 1.82) is 0 Å². The van der Waals surface area contributed by atoms with E-state index in [-0.39, 0.29) is 23.1 Å². The van der Waals surface area contributed by atoms with E-state index in [1.165, 1.54) is 38.4 Å². The molecule has 3 N–H and O–H groups in total. The number of rotatable bonds is 8. The molecular formula is C18H21N5O5S. The van der Waals surface area contributed by atoms with Gasteiger partial charge in [0, 0.05) is 23.9 Å². The van der Waals surface area contributed by atoms with Gasteiger partial charge >= 0.3 is 6.01 Å². The van der Waals surface area contributed by atoms with E-state index < -0.39 is 10.0 Å². The molecule has 0 radical (unpaired) electrons. The number of nitrogens with two attached hydrogens (primary N) is 1. The van der Waals surface area contributed by atoms with Crippen molar-refractivity contribution in [3.05, 3.63) is 48.3 Å². The van der Waals surface area contributed by atoms with E-state index in [1.54, 1.807) is 30.3 Å². The summed E-state index contributed by atoms with van der Waals surface area (Å²) >= 11 is 0. The Balaban J connectivity index is 1.93. The zero-order valence-electron chi connectivity index (χ0n) is 16.1. The van der Waals surface area contributed by atoms with Crippen LogP contribution in [0.1, 0.15) is 5.56 Å². The molecule has 3 aromatic rings. The Morgan fingerprint density at radius 1 is 1.07 bits per heavy atom. The van der Waals surface area contributed by atoms with Gasteiger partial charge in [-0.25, -0.2) is 17.8 Å². The number of nitrogens with zero attached hydrogens (tertiary/aromatic N) is 3. The topological polar surface area (TPSA) is 131 Å². The molecule has 1 heterocycles. The van der Waals surface area contributed by atoms with Gasteiger partial charge in [-0.2, -0.15) is 4.98 Å². The lowest BCUT2D eigenvalue weighted by molar-refractivity contribution is 0.379. The zero-order chi connectivity index (χ0) is 21.0. The van der Waals surface area contributed by atoms with Crippen molar-refractivity contribution in [3.63, 3.8) is 0 Å². The van der Waals surface area contributed by atoms with Crippen molar-refractivity contribution >= 4 is 15.7 Å². The number of ether oxygens (including phenoxy) is 3. The minimum atomic E-state index is -3.94. The second-order valence-electron chi connectivity index (χ2n) is 5.91. The molecule has 29 heavy (non-hydrogen) atoms. The maximum absolute atomic E-state index is 13.0. The lowest BCUT2D eigenvalue weighted by Crippen LogP contribution is -2.25. The minimum absolute atomic E-state index is 0.00438. The number of nitrogen functional groups attached to an aromatic ring is 1. The summed E-state index contributed by atoms with van der Waals surface area (Å²) in [7, 11) is 0.517. The van der Waals surface area contributed by atoms with Crippen molar-refractivity contribution in [3.8, 4) is 23.2 Å². The van der Waals surface area contributed by atoms with Crippen LogP contribution in [0.3, 0.4) is 0 Å². The van der Waals surface area contributed by atoms with E-state index >= 15 is 0 Å². The highest BCUT2D eigenvalue weighted by atomic mass is 32.2. The van der Waals surface area contributed by atoms with Crippen LogP contribution in [0, 0.1) is 0 Å². The van der Waals surface area contributed by atoms with Crippen molar-refractivity contribution in [1.82, 2.24) is 19.5 Å². The molecular weight excluding hydrogens is 398 g/mol. The number of aromatic nitrogens is 3. The lowest BCUT2D eigenvalue weighted by Gasteiger charge is -2.14. The summed E-state index contributed by atoms with van der Waals surface area (Å²) in [5, 5.41) is 4.08. The highest BCUT2D eigenvalue weighted by Gasteiger charge is 2.22. The van der Waals surface area contributed by atoms with Gasteiger partial charge in [0.25, 0.3) is 0 Å². The Morgan fingerprint density at radius 2 is 1.86 bits per heavy atom. The second kappa shape index (κ2) is 8.37. The van der Waals surface area contributed by atoms with Gasteiger partial charge in [-0.3, -0.25) is 0 Å². The Bertz CT molecular complexity index is 1110. The van der Waals surface area contributed by atoms with Crippen LogP contribution >= 0.6 is 0 Å². The normalized spacial score (nSPS) is 11.3. The average molecular weight is 419 g/mol. The Kier molecular flexibility index (Phi) is 5.89. The van der Waals surface area contributed by atoms with Crippen molar-refractivity contribution in [2.75, 3.05) is 27.1 Å². The van der Waals surface area contributed by atoms with Crippen molar-refractivity contribution < 1.29 is 22.6 Å². The van der Waals surface area contributed by atoms with Gasteiger partial charge in [-0.1, -0.05) is 6.07 Å². The molecule has 0 unspecified atom stereocenters. The van der Waals surface area contributed by atoms with E-state index in [4.69, 9.17) is 19.9 Å². The standard InChI is InChI=1S/C18H21N5O5S/c1-26-14-6-4-12(16(9-14)27-2)10-21-29(24,25)17-8-13(19)5-7-15(17)23-11-20-18(22-23)28-3/h4-9,11,21H,10,19H2,1-3H3. The maximum Gasteiger partial charge on any atom is 0.335 e. The Hall–Kier alpha value is -3.31. The van der Waals surface area contributed by atoms with Crippen LogP contribution in [0.15, 0.2) is 47.6 Å². The summed E-state index contributed by atoms with van der Waals surface area (Å²) in [6.45, 7) is 0.00438. The second-order valence-corrected chi connectivity index (χ2v) is 7.64. The average Bonchev–Trinajstić information content (AvgIpc) is 3.21. The number of hydrogen-bond donors (Lipinski definition) is 2. The van der Waals surface area contributed by atoms with Crippen LogP contribution in [-0.4, -0.2) is 44.5 Å². The molecule has 10 nitrogen and oxygen atoms in total. The third-order valence-corrected chi connectivity index (χ3v) is 5.55. The molecule has 0 atom stereocenters. The van der Waals surface area contributed by atoms with Crippen LogP contribution in [0.2, 0.25) is 0 Å². The molecule has 0 aliphatic rings. The molecule has 0 fully saturated rings. The summed E-state index contributed by atoms with van der Waals surface area (Å²) in [4.78, 5) is 3.90. The van der Waals surface area contributed by atoms with E-state index in [0.717, 1.165) is 0 Å². The molecule has 0 bridgehead atoms. The van der Waals surface area contributed by atoms with E-state index in [1.807, 2.05) is 0 Å². The SMILES string of the molecule is COc1ccc(CNS(=O)(=O)c2cc(N)ccc2-n2cnc(OC)n2)c(OC)c1. The van der Waals surface area contributed by atoms with E-state index in [2.05, 4.69) is 14.8 Å². The summed E-state index contributed by atoms with van der Waals surface area (Å²) < 4.78 is 45.4. The summed E-state index contributed by atoms with van der Waals surface area (Å²) in [5.41, 5.74) is 7.04. The molecule has 1 aromatic heterocycles. The molecule has 0 aliphatic heterocycles. The summed E-state index contributed by atoms with van der Waals surface area (Å²) in [5.74, 6) is 1.10. The number of benzene rings is 2. The molecule has 0 spiro atoms. The minimum Gasteiger partial charge on any atom is -0.497 e. The first-order valence-electron chi connectivity index (χ1n) is 8.44. The summed E-state index contributed by atoms with van der Waals surface area (Å²) in [6, 6.07) is 9.72. The first-order chi connectivity index (χ1) is 13.9. The number of sulfonamides is 1. The molecule has 11 heteroatoms. The molecule has 0 aliphatic carbocycles. The van der Waals surface area contributed by atoms with Crippen LogP contribution < -0.4 is 24.7 Å². The number of methoxy groups -OCH3 is 3. The first kappa shape index (κ1) is 20.4. The highest BCUT2D eigenvalue weighted by molar-refractivity contribution is 7.89. The van der Waals surface area contributed by atoms with Crippen molar-refractivity contribution in [2.45, 2.75) is 11.4 Å². The third-order valence-electron chi connectivity index (χ3n) is 4.12. The van der Waals surface area contributed by atoms with Gasteiger partial charge < -0.3 is 19.9 Å². The van der Waals surface area contributed by atoms with E-state index in [9.17, 15) is 8.42 Å². The lowest BCUT2D eigenvalue weighted by atomic mass is 10.2. The van der Waals surface area contributed by atoms with Gasteiger partial charge in [0.2, 0.25) is 10.0 Å². The molecule has 154 valence electrons. The smallest absolute Gasteiger partial charge is 0.335 e. The van der Waals surface area contributed by atoms with Gasteiger partial charge in [0.1, 0.15) is 22.7 Å². The Morgan fingerprint density at radius 3 is 2.52 bits per heavy atom. The zero-order valence-corrected chi connectivity index (χ0v) is 16.9. The van der Waals surface area contributed by atoms with Crippen LogP contribution in [-0.2, 0) is 16.6 Å². The van der Waals surface area contributed by atoms with Crippen LogP contribution in [0.5, 0.6) is 17.5 Å². The van der Waals surface area contributed by atoms with Gasteiger partial charge in [-0.05, 0) is 24.3 Å². The number of hydrogen-bond acceptors (Lipinski definition) is 8. The van der Waals surface area contributed by atoms with Gasteiger partial charge in [-0.15, -0.1) is 5.10 Å². The predicted octanol–water partition coefficient (Wildman–Crippen LogP) is 1.35. The van der Waals surface area contributed by atoms with Crippen molar-refractivity contribution in [2.24, 2.45) is 0 Å². The Labute approximate surface area is 168 Å². The molecule has 0 amide bonds. The van der Waals surface area contributed by atoms with E-state index in [0.29, 0.717) is 22.7 Å². The quantitative estimate of drug-likeness (QED) is 0.523. The fourth-order valence-corrected chi connectivity index (χ4v) is 3.87.